The van der Waals surface area contributed by atoms with E-state index in [2.05, 4.69) is 20.9 Å². The minimum atomic E-state index is -0.641. The molecule has 2 heterocycles. The van der Waals surface area contributed by atoms with E-state index in [0.717, 1.165) is 33.3 Å². The van der Waals surface area contributed by atoms with Gasteiger partial charge in [0.2, 0.25) is 6.41 Å². The summed E-state index contributed by atoms with van der Waals surface area (Å²) < 4.78 is 6.97. The predicted octanol–water partition coefficient (Wildman–Crippen LogP) is 2.80. The number of methoxy groups -OCH3 is 1. The fourth-order valence-electron chi connectivity index (χ4n) is 4.45. The Bertz CT molecular complexity index is 1460. The Kier molecular flexibility index (Phi) is 6.07. The Morgan fingerprint density at radius 1 is 1.11 bits per heavy atom. The van der Waals surface area contributed by atoms with Crippen LogP contribution in [0.3, 0.4) is 0 Å². The van der Waals surface area contributed by atoms with Crippen molar-refractivity contribution in [2.75, 3.05) is 13.7 Å². The molecule has 4 amide bonds. The molecule has 0 bridgehead atoms. The lowest BCUT2D eigenvalue weighted by atomic mass is 10.00. The molecule has 0 unspecified atom stereocenters. The van der Waals surface area contributed by atoms with E-state index < -0.39 is 12.1 Å². The molecular formula is C26H24N6O4. The first-order valence-electron chi connectivity index (χ1n) is 11.3. The second kappa shape index (κ2) is 9.49. The highest BCUT2D eigenvalue weighted by Gasteiger charge is 2.30. The molecule has 182 valence electrons. The molecular weight excluding hydrogens is 460 g/mol. The van der Waals surface area contributed by atoms with Crippen molar-refractivity contribution < 1.29 is 19.1 Å². The first-order chi connectivity index (χ1) is 17.5. The fourth-order valence-corrected chi connectivity index (χ4v) is 4.45. The number of nitrogens with zero attached hydrogens (tertiary/aromatic N) is 4. The molecule has 1 aliphatic rings. The Hall–Kier alpha value is -4.73. The number of hydrogen-bond acceptors (Lipinski definition) is 6. The summed E-state index contributed by atoms with van der Waals surface area (Å²) in [6, 6.07) is 17.9. The Balaban J connectivity index is 1.39. The molecule has 3 aromatic carbocycles. The van der Waals surface area contributed by atoms with Gasteiger partial charge in [-0.25, -0.2) is 9.48 Å². The van der Waals surface area contributed by atoms with Crippen LogP contribution in [-0.4, -0.2) is 51.9 Å². The minimum absolute atomic E-state index is 0.139. The van der Waals surface area contributed by atoms with Gasteiger partial charge in [0, 0.05) is 25.7 Å². The van der Waals surface area contributed by atoms with Crippen LogP contribution in [0.1, 0.15) is 27.5 Å². The molecule has 0 saturated heterocycles. The monoisotopic (exact) mass is 484 g/mol. The van der Waals surface area contributed by atoms with Gasteiger partial charge >= 0.3 is 6.03 Å². The molecule has 1 atom stereocenters. The number of amides is 4. The van der Waals surface area contributed by atoms with Gasteiger partial charge in [0.25, 0.3) is 5.91 Å². The third kappa shape index (κ3) is 4.36. The van der Waals surface area contributed by atoms with Crippen molar-refractivity contribution in [2.24, 2.45) is 7.05 Å². The van der Waals surface area contributed by atoms with E-state index in [4.69, 9.17) is 4.74 Å². The molecule has 4 aromatic rings. The third-order valence-electron chi connectivity index (χ3n) is 6.35. The maximum absolute atomic E-state index is 13.1. The molecule has 2 N–H and O–H groups in total. The van der Waals surface area contributed by atoms with Gasteiger partial charge in [0.15, 0.2) is 0 Å². The summed E-state index contributed by atoms with van der Waals surface area (Å²) in [5, 5.41) is 13.1. The van der Waals surface area contributed by atoms with Crippen LogP contribution in [0.4, 0.5) is 4.79 Å². The summed E-state index contributed by atoms with van der Waals surface area (Å²) in [6.07, 6.45) is 0.321. The number of carbonyl (C=O) groups excluding carboxylic acids is 3. The number of urea groups is 1. The zero-order valence-corrected chi connectivity index (χ0v) is 19.8. The number of rotatable bonds is 7. The normalized spacial score (nSPS) is 13.4. The van der Waals surface area contributed by atoms with Crippen LogP contribution < -0.4 is 15.4 Å². The Morgan fingerprint density at radius 2 is 1.89 bits per heavy atom. The highest BCUT2D eigenvalue weighted by Crippen LogP contribution is 2.30. The van der Waals surface area contributed by atoms with Gasteiger partial charge in [-0.3, -0.25) is 14.9 Å². The summed E-state index contributed by atoms with van der Waals surface area (Å²) in [6.45, 7) is 0.648. The maximum atomic E-state index is 13.1. The lowest BCUT2D eigenvalue weighted by Crippen LogP contribution is -2.42. The van der Waals surface area contributed by atoms with E-state index in [1.54, 1.807) is 22.8 Å². The molecule has 0 aliphatic carbocycles. The van der Waals surface area contributed by atoms with Crippen molar-refractivity contribution in [2.45, 2.75) is 12.6 Å². The van der Waals surface area contributed by atoms with Gasteiger partial charge in [-0.15, -0.1) is 5.10 Å². The van der Waals surface area contributed by atoms with E-state index in [1.165, 1.54) is 0 Å². The summed E-state index contributed by atoms with van der Waals surface area (Å²) in [5.74, 6) is 0.472. The van der Waals surface area contributed by atoms with Gasteiger partial charge < -0.3 is 15.0 Å². The van der Waals surface area contributed by atoms with Crippen molar-refractivity contribution in [1.82, 2.24) is 30.5 Å². The topological polar surface area (TPSA) is 118 Å². The van der Waals surface area contributed by atoms with E-state index in [1.807, 2.05) is 61.6 Å². The third-order valence-corrected chi connectivity index (χ3v) is 6.35. The van der Waals surface area contributed by atoms with Crippen LogP contribution in [0.5, 0.6) is 5.75 Å². The molecule has 0 radical (unpaired) electrons. The SMILES string of the molecule is COc1ccc2c(c1)C(=O)N(C[C@H](NC(=O)NC=O)c1ccc(-c3ccc4c(c3)nnn4C)cc1)C2. The molecule has 0 spiro atoms. The lowest BCUT2D eigenvalue weighted by molar-refractivity contribution is -0.108. The quantitative estimate of drug-likeness (QED) is 0.390. The zero-order valence-electron chi connectivity index (χ0n) is 19.8. The van der Waals surface area contributed by atoms with Gasteiger partial charge in [-0.05, 0) is 46.5 Å². The molecule has 1 aliphatic heterocycles. The Morgan fingerprint density at radius 3 is 2.64 bits per heavy atom. The van der Waals surface area contributed by atoms with Crippen LogP contribution >= 0.6 is 0 Å². The van der Waals surface area contributed by atoms with Crippen LogP contribution in [-0.2, 0) is 18.4 Å². The Labute approximate surface area is 206 Å². The van der Waals surface area contributed by atoms with Crippen molar-refractivity contribution in [3.63, 3.8) is 0 Å². The molecule has 0 saturated carbocycles. The number of carbonyl (C=O) groups is 3. The predicted molar refractivity (Wildman–Crippen MR) is 132 cm³/mol. The fraction of sp³-hybridized carbons (Fsp3) is 0.192. The number of benzene rings is 3. The van der Waals surface area contributed by atoms with Crippen molar-refractivity contribution in [1.29, 1.82) is 0 Å². The zero-order chi connectivity index (χ0) is 25.2. The van der Waals surface area contributed by atoms with E-state index in [0.29, 0.717) is 24.3 Å². The second-order valence-corrected chi connectivity index (χ2v) is 8.54. The van der Waals surface area contributed by atoms with Crippen molar-refractivity contribution in [3.05, 3.63) is 77.4 Å². The van der Waals surface area contributed by atoms with Crippen molar-refractivity contribution >= 4 is 29.4 Å². The van der Waals surface area contributed by atoms with Gasteiger partial charge in [0.1, 0.15) is 11.3 Å². The minimum Gasteiger partial charge on any atom is -0.497 e. The highest BCUT2D eigenvalue weighted by molar-refractivity contribution is 5.98. The number of ether oxygens (including phenoxy) is 1. The smallest absolute Gasteiger partial charge is 0.321 e. The number of imide groups is 1. The summed E-state index contributed by atoms with van der Waals surface area (Å²) in [7, 11) is 3.40. The van der Waals surface area contributed by atoms with E-state index >= 15 is 0 Å². The van der Waals surface area contributed by atoms with Crippen molar-refractivity contribution in [3.8, 4) is 16.9 Å². The summed E-state index contributed by atoms with van der Waals surface area (Å²) in [5.41, 5.74) is 5.96. The number of hydrogen-bond donors (Lipinski definition) is 2. The number of nitrogens with one attached hydrogen (secondary N) is 2. The van der Waals surface area contributed by atoms with Crippen LogP contribution in [0, 0.1) is 0 Å². The van der Waals surface area contributed by atoms with Crippen LogP contribution in [0.2, 0.25) is 0 Å². The second-order valence-electron chi connectivity index (χ2n) is 8.54. The van der Waals surface area contributed by atoms with E-state index in [9.17, 15) is 14.4 Å². The van der Waals surface area contributed by atoms with Crippen LogP contribution in [0.15, 0.2) is 60.7 Å². The summed E-state index contributed by atoms with van der Waals surface area (Å²) >= 11 is 0. The number of fused-ring (bicyclic) bond motifs is 2. The standard InChI is InChI=1S/C26H24N6O4/c1-31-24-10-8-18(11-22(24)29-30-31)16-3-5-17(6-4-16)23(28-26(35)27-15-33)14-32-13-19-7-9-20(36-2)12-21(19)25(32)34/h3-12,15,23H,13-14H2,1-2H3,(H2,27,28,33,35)/t23-/m0/s1. The molecule has 5 rings (SSSR count). The first kappa shape index (κ1) is 23.0. The molecule has 0 fully saturated rings. The lowest BCUT2D eigenvalue weighted by Gasteiger charge is -2.25. The summed E-state index contributed by atoms with van der Waals surface area (Å²) in [4.78, 5) is 37.7. The number of aromatic nitrogens is 3. The molecule has 10 heteroatoms. The van der Waals surface area contributed by atoms with Gasteiger partial charge in [-0.1, -0.05) is 41.6 Å². The van der Waals surface area contributed by atoms with Crippen LogP contribution in [0.25, 0.3) is 22.2 Å². The first-order valence-corrected chi connectivity index (χ1v) is 11.3. The average Bonchev–Trinajstić information content (AvgIpc) is 3.42. The van der Waals surface area contributed by atoms with E-state index in [-0.39, 0.29) is 12.5 Å². The number of aryl methyl sites for hydroxylation is 1. The van der Waals surface area contributed by atoms with Gasteiger partial charge in [0.05, 0.1) is 18.7 Å². The largest absolute Gasteiger partial charge is 0.497 e. The highest BCUT2D eigenvalue weighted by atomic mass is 16.5. The average molecular weight is 485 g/mol. The molecule has 10 nitrogen and oxygen atoms in total. The maximum Gasteiger partial charge on any atom is 0.321 e. The van der Waals surface area contributed by atoms with Gasteiger partial charge in [-0.2, -0.15) is 0 Å². The molecule has 1 aromatic heterocycles. The molecule has 36 heavy (non-hydrogen) atoms.